The van der Waals surface area contributed by atoms with Crippen molar-refractivity contribution in [3.8, 4) is 0 Å². The standard InChI is InChI=1S/C14H23NO4/c1-14(2,3)19-13(17)15-9-5-7-10(12(16)18-4)11(15)8-6-9/h9-11H,5-8H2,1-4H3/t9-,10+,11-/m1/s1. The molecule has 0 aromatic rings. The molecular weight excluding hydrogens is 246 g/mol. The molecule has 2 fully saturated rings. The Kier molecular flexibility index (Phi) is 3.74. The lowest BCUT2D eigenvalue weighted by atomic mass is 9.90. The molecule has 0 aromatic heterocycles. The van der Waals surface area contributed by atoms with Crippen LogP contribution in [0.2, 0.25) is 0 Å². The van der Waals surface area contributed by atoms with Crippen molar-refractivity contribution in [2.75, 3.05) is 7.11 Å². The summed E-state index contributed by atoms with van der Waals surface area (Å²) in [6.45, 7) is 5.57. The molecule has 19 heavy (non-hydrogen) atoms. The molecule has 0 radical (unpaired) electrons. The Morgan fingerprint density at radius 2 is 1.74 bits per heavy atom. The summed E-state index contributed by atoms with van der Waals surface area (Å²) in [7, 11) is 1.40. The van der Waals surface area contributed by atoms with Crippen LogP contribution in [0.4, 0.5) is 4.79 Å². The van der Waals surface area contributed by atoms with Crippen LogP contribution in [0.15, 0.2) is 0 Å². The highest BCUT2D eigenvalue weighted by Crippen LogP contribution is 2.40. The quantitative estimate of drug-likeness (QED) is 0.686. The largest absolute Gasteiger partial charge is 0.469 e. The smallest absolute Gasteiger partial charge is 0.410 e. The van der Waals surface area contributed by atoms with Crippen LogP contribution in [0.5, 0.6) is 0 Å². The Labute approximate surface area is 114 Å². The van der Waals surface area contributed by atoms with E-state index in [1.54, 1.807) is 4.90 Å². The van der Waals surface area contributed by atoms with Crippen molar-refractivity contribution in [3.63, 3.8) is 0 Å². The maximum atomic E-state index is 12.3. The molecule has 0 saturated carbocycles. The molecule has 2 heterocycles. The molecule has 0 spiro atoms. The van der Waals surface area contributed by atoms with Crippen LogP contribution in [-0.2, 0) is 14.3 Å². The minimum atomic E-state index is -0.505. The SMILES string of the molecule is COC(=O)[C@H]1CC[C@@H]2CC[C@H]1N2C(=O)OC(C)(C)C. The molecule has 0 aromatic carbocycles. The highest BCUT2D eigenvalue weighted by Gasteiger charge is 2.48. The molecule has 5 nitrogen and oxygen atoms in total. The van der Waals surface area contributed by atoms with E-state index in [1.165, 1.54) is 7.11 Å². The van der Waals surface area contributed by atoms with Crippen LogP contribution in [0.3, 0.4) is 0 Å². The van der Waals surface area contributed by atoms with Crippen molar-refractivity contribution in [1.29, 1.82) is 0 Å². The average molecular weight is 269 g/mol. The van der Waals surface area contributed by atoms with Gasteiger partial charge < -0.3 is 14.4 Å². The van der Waals surface area contributed by atoms with Gasteiger partial charge in [-0.3, -0.25) is 4.79 Å². The molecule has 2 rings (SSSR count). The van der Waals surface area contributed by atoms with E-state index in [9.17, 15) is 9.59 Å². The van der Waals surface area contributed by atoms with Gasteiger partial charge in [0.2, 0.25) is 0 Å². The first-order valence-electron chi connectivity index (χ1n) is 6.92. The summed E-state index contributed by atoms with van der Waals surface area (Å²) < 4.78 is 10.3. The van der Waals surface area contributed by atoms with Crippen LogP contribution in [0, 0.1) is 5.92 Å². The summed E-state index contributed by atoms with van der Waals surface area (Å²) in [5, 5.41) is 0. The fourth-order valence-electron chi connectivity index (χ4n) is 3.18. The summed E-state index contributed by atoms with van der Waals surface area (Å²) >= 11 is 0. The third-order valence-electron chi connectivity index (χ3n) is 3.93. The Morgan fingerprint density at radius 1 is 1.11 bits per heavy atom. The number of rotatable bonds is 1. The van der Waals surface area contributed by atoms with E-state index < -0.39 is 5.60 Å². The van der Waals surface area contributed by atoms with Gasteiger partial charge in [0, 0.05) is 12.1 Å². The van der Waals surface area contributed by atoms with Gasteiger partial charge in [-0.15, -0.1) is 0 Å². The number of carbonyl (C=O) groups excluding carboxylic acids is 2. The minimum absolute atomic E-state index is 0.0546. The number of amides is 1. The van der Waals surface area contributed by atoms with Crippen molar-refractivity contribution in [3.05, 3.63) is 0 Å². The first-order chi connectivity index (χ1) is 8.83. The Hall–Kier alpha value is -1.26. The van der Waals surface area contributed by atoms with Gasteiger partial charge in [-0.05, 0) is 46.5 Å². The molecule has 108 valence electrons. The fraction of sp³-hybridized carbons (Fsp3) is 0.857. The Morgan fingerprint density at radius 3 is 2.32 bits per heavy atom. The normalized spacial score (nSPS) is 30.1. The maximum absolute atomic E-state index is 12.3. The van der Waals surface area contributed by atoms with Gasteiger partial charge in [0.15, 0.2) is 0 Å². The number of hydrogen-bond donors (Lipinski definition) is 0. The number of nitrogens with zero attached hydrogens (tertiary/aromatic N) is 1. The predicted molar refractivity (Wildman–Crippen MR) is 69.6 cm³/mol. The minimum Gasteiger partial charge on any atom is -0.469 e. The summed E-state index contributed by atoms with van der Waals surface area (Å²) in [4.78, 5) is 25.9. The molecule has 3 atom stereocenters. The summed E-state index contributed by atoms with van der Waals surface area (Å²) in [5.41, 5.74) is -0.505. The van der Waals surface area contributed by atoms with Crippen LogP contribution in [0.1, 0.15) is 46.5 Å². The second-order valence-corrected chi connectivity index (χ2v) is 6.39. The van der Waals surface area contributed by atoms with E-state index in [0.29, 0.717) is 0 Å². The lowest BCUT2D eigenvalue weighted by Crippen LogP contribution is -2.51. The number of carbonyl (C=O) groups is 2. The molecule has 1 amide bonds. The molecule has 2 bridgehead atoms. The predicted octanol–water partition coefficient (Wildman–Crippen LogP) is 2.34. The van der Waals surface area contributed by atoms with Crippen LogP contribution < -0.4 is 0 Å². The summed E-state index contributed by atoms with van der Waals surface area (Å²) in [6.07, 6.45) is 3.19. The topological polar surface area (TPSA) is 55.8 Å². The summed E-state index contributed by atoms with van der Waals surface area (Å²) in [5.74, 6) is -0.407. The van der Waals surface area contributed by atoms with Gasteiger partial charge in [0.1, 0.15) is 5.60 Å². The highest BCUT2D eigenvalue weighted by molar-refractivity contribution is 5.76. The van der Waals surface area contributed by atoms with Crippen LogP contribution in [-0.4, -0.2) is 41.8 Å². The van der Waals surface area contributed by atoms with E-state index in [0.717, 1.165) is 25.7 Å². The zero-order valence-electron chi connectivity index (χ0n) is 12.1. The third-order valence-corrected chi connectivity index (χ3v) is 3.93. The van der Waals surface area contributed by atoms with Crippen molar-refractivity contribution in [2.45, 2.75) is 64.1 Å². The van der Waals surface area contributed by atoms with Crippen molar-refractivity contribution in [1.82, 2.24) is 4.90 Å². The van der Waals surface area contributed by atoms with Crippen molar-refractivity contribution >= 4 is 12.1 Å². The van der Waals surface area contributed by atoms with Crippen molar-refractivity contribution in [2.24, 2.45) is 5.92 Å². The molecule has 2 aliphatic heterocycles. The second-order valence-electron chi connectivity index (χ2n) is 6.39. The maximum Gasteiger partial charge on any atom is 0.410 e. The Bertz CT molecular complexity index is 374. The summed E-state index contributed by atoms with van der Waals surface area (Å²) in [6, 6.07) is 0.168. The third kappa shape index (κ3) is 2.85. The van der Waals surface area contributed by atoms with Crippen molar-refractivity contribution < 1.29 is 19.1 Å². The van der Waals surface area contributed by atoms with Gasteiger partial charge in [-0.1, -0.05) is 0 Å². The van der Waals surface area contributed by atoms with Gasteiger partial charge in [0.05, 0.1) is 13.0 Å². The first kappa shape index (κ1) is 14.2. The second kappa shape index (κ2) is 5.02. The van der Waals surface area contributed by atoms with E-state index in [-0.39, 0.29) is 30.1 Å². The number of methoxy groups -OCH3 is 1. The average Bonchev–Trinajstić information content (AvgIpc) is 2.61. The number of fused-ring (bicyclic) bond motifs is 2. The molecule has 0 N–H and O–H groups in total. The molecular formula is C14H23NO4. The van der Waals surface area contributed by atoms with E-state index in [1.807, 2.05) is 20.8 Å². The van der Waals surface area contributed by atoms with Gasteiger partial charge in [-0.2, -0.15) is 0 Å². The fourth-order valence-corrected chi connectivity index (χ4v) is 3.18. The van der Waals surface area contributed by atoms with Gasteiger partial charge in [0.25, 0.3) is 0 Å². The zero-order chi connectivity index (χ0) is 14.2. The zero-order valence-corrected chi connectivity index (χ0v) is 12.1. The highest BCUT2D eigenvalue weighted by atomic mass is 16.6. The molecule has 0 aliphatic carbocycles. The molecule has 5 heteroatoms. The lowest BCUT2D eigenvalue weighted by Gasteiger charge is -2.39. The van der Waals surface area contributed by atoms with E-state index in [4.69, 9.17) is 9.47 Å². The number of ether oxygens (including phenoxy) is 2. The number of esters is 1. The monoisotopic (exact) mass is 269 g/mol. The number of piperidine rings is 1. The first-order valence-corrected chi connectivity index (χ1v) is 6.92. The lowest BCUT2D eigenvalue weighted by molar-refractivity contribution is -0.149. The van der Waals surface area contributed by atoms with Crippen LogP contribution >= 0.6 is 0 Å². The van der Waals surface area contributed by atoms with E-state index >= 15 is 0 Å². The molecule has 2 aliphatic rings. The Balaban J connectivity index is 2.12. The van der Waals surface area contributed by atoms with E-state index in [2.05, 4.69) is 0 Å². The molecule has 0 unspecified atom stereocenters. The molecule has 2 saturated heterocycles. The van der Waals surface area contributed by atoms with Gasteiger partial charge in [-0.25, -0.2) is 4.79 Å². The van der Waals surface area contributed by atoms with Crippen LogP contribution in [0.25, 0.3) is 0 Å². The number of hydrogen-bond acceptors (Lipinski definition) is 4. The van der Waals surface area contributed by atoms with Gasteiger partial charge >= 0.3 is 12.1 Å².